The molecule has 3 nitrogen and oxygen atoms in total. The molecule has 0 radical (unpaired) electrons. The van der Waals surface area contributed by atoms with E-state index in [9.17, 15) is 9.18 Å². The maximum Gasteiger partial charge on any atom is 0.251 e. The zero-order valence-electron chi connectivity index (χ0n) is 9.01. The lowest BCUT2D eigenvalue weighted by Crippen LogP contribution is -2.24. The number of hydrogen-bond acceptors (Lipinski definition) is 2. The van der Waals surface area contributed by atoms with E-state index in [1.54, 1.807) is 6.92 Å². The van der Waals surface area contributed by atoms with Crippen LogP contribution >= 0.6 is 0 Å². The van der Waals surface area contributed by atoms with Gasteiger partial charge in [0.1, 0.15) is 5.82 Å². The van der Waals surface area contributed by atoms with E-state index in [-0.39, 0.29) is 11.6 Å². The second kappa shape index (κ2) is 5.76. The second-order valence-electron chi connectivity index (χ2n) is 3.17. The largest absolute Gasteiger partial charge is 0.396 e. The molecular weight excluding hydrogens is 207 g/mol. The van der Waals surface area contributed by atoms with Gasteiger partial charge in [-0.25, -0.2) is 4.39 Å². The maximum atomic E-state index is 12.8. The number of hydrogen-bond donors (Lipinski definition) is 2. The quantitative estimate of drug-likeness (QED) is 0.461. The number of nitrogens with two attached hydrogens (primary N) is 1. The third-order valence-electron chi connectivity index (χ3n) is 1.97. The third-order valence-corrected chi connectivity index (χ3v) is 1.97. The molecule has 0 aliphatic heterocycles. The summed E-state index contributed by atoms with van der Waals surface area (Å²) in [5.74, 6) is 4.76. The Bertz CT molecular complexity index is 446. The first-order valence-electron chi connectivity index (χ1n) is 4.88. The molecule has 0 aromatic heterocycles. The highest BCUT2D eigenvalue weighted by Gasteiger charge is 2.06. The van der Waals surface area contributed by atoms with Gasteiger partial charge in [0.2, 0.25) is 0 Å². The summed E-state index contributed by atoms with van der Waals surface area (Å²) >= 11 is 0. The predicted octanol–water partition coefficient (Wildman–Crippen LogP) is 1.55. The van der Waals surface area contributed by atoms with Crippen molar-refractivity contribution in [1.82, 2.24) is 5.32 Å². The van der Waals surface area contributed by atoms with Crippen LogP contribution in [0.2, 0.25) is 0 Å². The molecule has 0 spiro atoms. The summed E-state index contributed by atoms with van der Waals surface area (Å²) in [5.41, 5.74) is 5.68. The summed E-state index contributed by atoms with van der Waals surface area (Å²) in [6.07, 6.45) is 0.596. The van der Waals surface area contributed by atoms with E-state index >= 15 is 0 Å². The standard InChI is InChI=1S/C12H13FN2O/c1-2-3-4-7-15-12(16)9-5-6-10(13)11(14)8-9/h5-6,8H,4,7,14H2,1H3,(H,15,16). The molecule has 1 aromatic rings. The number of anilines is 1. The first kappa shape index (κ1) is 12.1. The molecule has 84 valence electrons. The first-order valence-corrected chi connectivity index (χ1v) is 4.88. The van der Waals surface area contributed by atoms with Crippen molar-refractivity contribution < 1.29 is 9.18 Å². The summed E-state index contributed by atoms with van der Waals surface area (Å²) in [7, 11) is 0. The van der Waals surface area contributed by atoms with E-state index in [0.717, 1.165) is 0 Å². The summed E-state index contributed by atoms with van der Waals surface area (Å²) < 4.78 is 12.8. The average Bonchev–Trinajstić information content (AvgIpc) is 2.28. The van der Waals surface area contributed by atoms with Gasteiger partial charge in [0.25, 0.3) is 5.91 Å². The molecule has 0 fully saturated rings. The van der Waals surface area contributed by atoms with Crippen molar-refractivity contribution in [3.63, 3.8) is 0 Å². The van der Waals surface area contributed by atoms with Gasteiger partial charge in [0.05, 0.1) is 5.69 Å². The van der Waals surface area contributed by atoms with Gasteiger partial charge in [-0.2, -0.15) is 0 Å². The number of nitrogens with one attached hydrogen (secondary N) is 1. The maximum absolute atomic E-state index is 12.8. The molecule has 4 heteroatoms. The molecule has 1 amide bonds. The molecule has 1 aromatic carbocycles. The van der Waals surface area contributed by atoms with E-state index in [2.05, 4.69) is 17.2 Å². The highest BCUT2D eigenvalue weighted by atomic mass is 19.1. The molecule has 0 saturated carbocycles. The van der Waals surface area contributed by atoms with Crippen molar-refractivity contribution in [3.05, 3.63) is 29.6 Å². The molecule has 0 heterocycles. The molecular formula is C12H13FN2O. The molecule has 3 N–H and O–H groups in total. The van der Waals surface area contributed by atoms with Crippen molar-refractivity contribution in [2.24, 2.45) is 0 Å². The summed E-state index contributed by atoms with van der Waals surface area (Å²) in [6, 6.07) is 3.89. The van der Waals surface area contributed by atoms with Crippen LogP contribution in [0.5, 0.6) is 0 Å². The van der Waals surface area contributed by atoms with E-state index in [1.807, 2.05) is 0 Å². The molecule has 0 bridgehead atoms. The van der Waals surface area contributed by atoms with Crippen molar-refractivity contribution in [3.8, 4) is 11.8 Å². The van der Waals surface area contributed by atoms with E-state index in [1.165, 1.54) is 18.2 Å². The Morgan fingerprint density at radius 3 is 2.94 bits per heavy atom. The molecule has 0 atom stereocenters. The zero-order chi connectivity index (χ0) is 12.0. The van der Waals surface area contributed by atoms with Crippen LogP contribution in [0.3, 0.4) is 0 Å². The Balaban J connectivity index is 2.58. The van der Waals surface area contributed by atoms with Gasteiger partial charge < -0.3 is 11.1 Å². The Labute approximate surface area is 93.8 Å². The lowest BCUT2D eigenvalue weighted by Gasteiger charge is -2.04. The highest BCUT2D eigenvalue weighted by Crippen LogP contribution is 2.11. The van der Waals surface area contributed by atoms with Gasteiger partial charge in [-0.3, -0.25) is 4.79 Å². The van der Waals surface area contributed by atoms with Crippen LogP contribution in [0.4, 0.5) is 10.1 Å². The monoisotopic (exact) mass is 220 g/mol. The number of carbonyl (C=O) groups is 1. The molecule has 1 rings (SSSR count). The number of halogens is 1. The Morgan fingerprint density at radius 2 is 2.31 bits per heavy atom. The number of rotatable bonds is 3. The Kier molecular flexibility index (Phi) is 4.34. The number of benzene rings is 1. The van der Waals surface area contributed by atoms with Crippen LogP contribution in [-0.2, 0) is 0 Å². The Morgan fingerprint density at radius 1 is 1.56 bits per heavy atom. The second-order valence-corrected chi connectivity index (χ2v) is 3.17. The topological polar surface area (TPSA) is 55.1 Å². The zero-order valence-corrected chi connectivity index (χ0v) is 9.01. The van der Waals surface area contributed by atoms with Gasteiger partial charge >= 0.3 is 0 Å². The van der Waals surface area contributed by atoms with Crippen molar-refractivity contribution in [2.45, 2.75) is 13.3 Å². The lowest BCUT2D eigenvalue weighted by atomic mass is 10.2. The summed E-state index contributed by atoms with van der Waals surface area (Å²) in [5, 5.41) is 2.66. The van der Waals surface area contributed by atoms with E-state index < -0.39 is 5.82 Å². The fourth-order valence-electron chi connectivity index (χ4n) is 1.15. The smallest absolute Gasteiger partial charge is 0.251 e. The SMILES string of the molecule is CC#CCCNC(=O)c1ccc(F)c(N)c1. The third kappa shape index (κ3) is 3.28. The van der Waals surface area contributed by atoms with Gasteiger partial charge in [-0.1, -0.05) is 0 Å². The van der Waals surface area contributed by atoms with Crippen LogP contribution in [0, 0.1) is 17.7 Å². The number of carbonyl (C=O) groups excluding carboxylic acids is 1. The fraction of sp³-hybridized carbons (Fsp3) is 0.250. The van der Waals surface area contributed by atoms with Gasteiger partial charge in [0.15, 0.2) is 0 Å². The predicted molar refractivity (Wildman–Crippen MR) is 61.2 cm³/mol. The highest BCUT2D eigenvalue weighted by molar-refractivity contribution is 5.95. The van der Waals surface area contributed by atoms with Crippen molar-refractivity contribution in [1.29, 1.82) is 0 Å². The van der Waals surface area contributed by atoms with Crippen molar-refractivity contribution >= 4 is 11.6 Å². The summed E-state index contributed by atoms with van der Waals surface area (Å²) in [6.45, 7) is 2.21. The van der Waals surface area contributed by atoms with Crippen LogP contribution in [-0.4, -0.2) is 12.5 Å². The molecule has 0 aliphatic rings. The van der Waals surface area contributed by atoms with E-state index in [0.29, 0.717) is 18.5 Å². The minimum absolute atomic E-state index is 0.0269. The van der Waals surface area contributed by atoms with Crippen LogP contribution in [0.15, 0.2) is 18.2 Å². The fourth-order valence-corrected chi connectivity index (χ4v) is 1.15. The molecule has 0 saturated heterocycles. The molecule has 0 aliphatic carbocycles. The number of amides is 1. The minimum Gasteiger partial charge on any atom is -0.396 e. The Hall–Kier alpha value is -2.02. The normalized spacial score (nSPS) is 9.12. The average molecular weight is 220 g/mol. The lowest BCUT2D eigenvalue weighted by molar-refractivity contribution is 0.0954. The van der Waals surface area contributed by atoms with Crippen LogP contribution in [0.25, 0.3) is 0 Å². The summed E-state index contributed by atoms with van der Waals surface area (Å²) in [4.78, 5) is 11.5. The first-order chi connectivity index (χ1) is 7.65. The molecule has 0 unspecified atom stereocenters. The number of nitrogen functional groups attached to an aromatic ring is 1. The molecule has 16 heavy (non-hydrogen) atoms. The van der Waals surface area contributed by atoms with Crippen molar-refractivity contribution in [2.75, 3.05) is 12.3 Å². The van der Waals surface area contributed by atoms with Crippen LogP contribution in [0.1, 0.15) is 23.7 Å². The van der Waals surface area contributed by atoms with Gasteiger partial charge in [-0.05, 0) is 25.1 Å². The van der Waals surface area contributed by atoms with Gasteiger partial charge in [-0.15, -0.1) is 11.8 Å². The van der Waals surface area contributed by atoms with E-state index in [4.69, 9.17) is 5.73 Å². The van der Waals surface area contributed by atoms with Gasteiger partial charge in [0, 0.05) is 18.5 Å². The minimum atomic E-state index is -0.520. The van der Waals surface area contributed by atoms with Crippen LogP contribution < -0.4 is 11.1 Å².